The molecule has 2 nitrogen and oxygen atoms in total. The first kappa shape index (κ1) is 13.1. The van der Waals surface area contributed by atoms with Gasteiger partial charge in [0, 0.05) is 24.7 Å². The van der Waals surface area contributed by atoms with Crippen LogP contribution >= 0.6 is 0 Å². The Morgan fingerprint density at radius 1 is 1.38 bits per heavy atom. The Kier molecular flexibility index (Phi) is 4.90. The molecule has 0 saturated carbocycles. The van der Waals surface area contributed by atoms with E-state index in [2.05, 4.69) is 25.7 Å². The van der Waals surface area contributed by atoms with Crippen molar-refractivity contribution in [3.8, 4) is 0 Å². The van der Waals surface area contributed by atoms with Crippen molar-refractivity contribution >= 4 is 0 Å². The van der Waals surface area contributed by atoms with Crippen LogP contribution < -0.4 is 5.73 Å². The van der Waals surface area contributed by atoms with Crippen molar-refractivity contribution in [3.05, 3.63) is 35.1 Å². The topological polar surface area (TPSA) is 29.3 Å². The molecule has 0 aliphatic rings. The molecule has 0 bridgehead atoms. The third kappa shape index (κ3) is 3.29. The molecule has 0 heterocycles. The molecule has 90 valence electrons. The number of benzene rings is 1. The van der Waals surface area contributed by atoms with E-state index in [1.54, 1.807) is 0 Å². The monoisotopic (exact) mass is 224 g/mol. The number of nitrogens with zero attached hydrogens (tertiary/aromatic N) is 1. The average Bonchev–Trinajstić information content (AvgIpc) is 2.27. The van der Waals surface area contributed by atoms with Crippen LogP contribution in [0.2, 0.25) is 0 Å². The van der Waals surface area contributed by atoms with Gasteiger partial charge in [-0.05, 0) is 32.0 Å². The van der Waals surface area contributed by atoms with Crippen LogP contribution in [0.15, 0.2) is 18.2 Å². The van der Waals surface area contributed by atoms with Gasteiger partial charge in [-0.1, -0.05) is 19.1 Å². The quantitative estimate of drug-likeness (QED) is 0.832. The summed E-state index contributed by atoms with van der Waals surface area (Å²) >= 11 is 0. The predicted molar refractivity (Wildman–Crippen MR) is 65.5 cm³/mol. The van der Waals surface area contributed by atoms with Crippen LogP contribution in [0.4, 0.5) is 4.39 Å². The van der Waals surface area contributed by atoms with Gasteiger partial charge in [0.15, 0.2) is 0 Å². The number of hydrogen-bond donors (Lipinski definition) is 1. The Bertz CT molecular complexity index is 337. The molecule has 0 spiro atoms. The Labute approximate surface area is 97.3 Å². The van der Waals surface area contributed by atoms with Crippen LogP contribution in [0, 0.1) is 5.82 Å². The van der Waals surface area contributed by atoms with Gasteiger partial charge in [0.1, 0.15) is 5.82 Å². The highest BCUT2D eigenvalue weighted by atomic mass is 19.1. The normalized spacial score (nSPS) is 11.4. The lowest BCUT2D eigenvalue weighted by Gasteiger charge is -2.25. The van der Waals surface area contributed by atoms with Crippen LogP contribution in [0.3, 0.4) is 0 Å². The summed E-state index contributed by atoms with van der Waals surface area (Å²) in [7, 11) is 0. The third-order valence-corrected chi connectivity index (χ3v) is 2.85. The van der Waals surface area contributed by atoms with Crippen LogP contribution in [0.5, 0.6) is 0 Å². The molecule has 1 rings (SSSR count). The fourth-order valence-corrected chi connectivity index (χ4v) is 1.78. The van der Waals surface area contributed by atoms with E-state index in [-0.39, 0.29) is 12.4 Å². The molecule has 0 fully saturated rings. The molecule has 0 aliphatic heterocycles. The van der Waals surface area contributed by atoms with E-state index in [1.165, 1.54) is 6.07 Å². The van der Waals surface area contributed by atoms with Gasteiger partial charge < -0.3 is 5.73 Å². The van der Waals surface area contributed by atoms with Gasteiger partial charge in [-0.3, -0.25) is 4.90 Å². The summed E-state index contributed by atoms with van der Waals surface area (Å²) in [4.78, 5) is 2.33. The van der Waals surface area contributed by atoms with Crippen LogP contribution in [0.1, 0.15) is 31.9 Å². The number of nitrogens with two attached hydrogens (primary N) is 1. The molecular weight excluding hydrogens is 203 g/mol. The molecule has 1 aromatic carbocycles. The maximum absolute atomic E-state index is 13.3. The summed E-state index contributed by atoms with van der Waals surface area (Å²) < 4.78 is 13.3. The van der Waals surface area contributed by atoms with Crippen molar-refractivity contribution in [2.24, 2.45) is 5.73 Å². The van der Waals surface area contributed by atoms with Gasteiger partial charge in [-0.25, -0.2) is 4.39 Å². The minimum atomic E-state index is -0.209. The van der Waals surface area contributed by atoms with E-state index < -0.39 is 0 Å². The number of rotatable bonds is 5. The molecule has 16 heavy (non-hydrogen) atoms. The highest BCUT2D eigenvalue weighted by molar-refractivity contribution is 5.25. The molecule has 0 aliphatic carbocycles. The van der Waals surface area contributed by atoms with E-state index in [9.17, 15) is 4.39 Å². The Morgan fingerprint density at radius 3 is 2.56 bits per heavy atom. The summed E-state index contributed by atoms with van der Waals surface area (Å²) in [6.07, 6.45) is 0. The molecule has 0 atom stereocenters. The maximum Gasteiger partial charge on any atom is 0.127 e. The van der Waals surface area contributed by atoms with E-state index in [1.807, 2.05) is 12.1 Å². The minimum absolute atomic E-state index is 0.209. The van der Waals surface area contributed by atoms with Gasteiger partial charge >= 0.3 is 0 Å². The number of halogens is 1. The smallest absolute Gasteiger partial charge is 0.127 e. The second-order valence-corrected chi connectivity index (χ2v) is 4.29. The Morgan fingerprint density at radius 2 is 2.06 bits per heavy atom. The first-order valence-electron chi connectivity index (χ1n) is 5.79. The molecule has 1 aromatic rings. The molecular formula is C13H21FN2. The van der Waals surface area contributed by atoms with Crippen molar-refractivity contribution in [3.63, 3.8) is 0 Å². The van der Waals surface area contributed by atoms with E-state index in [0.29, 0.717) is 11.6 Å². The second kappa shape index (κ2) is 5.97. The van der Waals surface area contributed by atoms with Gasteiger partial charge in [0.2, 0.25) is 0 Å². The lowest BCUT2D eigenvalue weighted by Crippen LogP contribution is -2.30. The zero-order valence-electron chi connectivity index (χ0n) is 10.3. The molecule has 0 unspecified atom stereocenters. The summed E-state index contributed by atoms with van der Waals surface area (Å²) in [5.41, 5.74) is 7.21. The zero-order chi connectivity index (χ0) is 12.1. The lowest BCUT2D eigenvalue weighted by atomic mass is 10.1. The average molecular weight is 224 g/mol. The zero-order valence-corrected chi connectivity index (χ0v) is 10.3. The highest BCUT2D eigenvalue weighted by Crippen LogP contribution is 2.13. The summed E-state index contributed by atoms with van der Waals surface area (Å²) in [5.74, 6) is -0.209. The fourth-order valence-electron chi connectivity index (χ4n) is 1.78. The van der Waals surface area contributed by atoms with E-state index in [0.717, 1.165) is 18.7 Å². The standard InChI is InChI=1S/C13H21FN2/c1-4-16(10(2)3)9-11-5-6-13(14)12(7-11)8-15/h5-7,10H,4,8-9,15H2,1-3H3. The first-order chi connectivity index (χ1) is 7.58. The minimum Gasteiger partial charge on any atom is -0.326 e. The Balaban J connectivity index is 2.80. The molecule has 2 N–H and O–H groups in total. The van der Waals surface area contributed by atoms with Gasteiger partial charge in [-0.15, -0.1) is 0 Å². The summed E-state index contributed by atoms with van der Waals surface area (Å²) in [6.45, 7) is 8.56. The van der Waals surface area contributed by atoms with Gasteiger partial charge in [0.05, 0.1) is 0 Å². The first-order valence-corrected chi connectivity index (χ1v) is 5.79. The van der Waals surface area contributed by atoms with Crippen molar-refractivity contribution in [1.29, 1.82) is 0 Å². The van der Waals surface area contributed by atoms with Gasteiger partial charge in [0.25, 0.3) is 0 Å². The van der Waals surface area contributed by atoms with Crippen LogP contribution in [0.25, 0.3) is 0 Å². The highest BCUT2D eigenvalue weighted by Gasteiger charge is 2.09. The third-order valence-electron chi connectivity index (χ3n) is 2.85. The molecule has 0 amide bonds. The predicted octanol–water partition coefficient (Wildman–Crippen LogP) is 2.51. The van der Waals surface area contributed by atoms with Gasteiger partial charge in [-0.2, -0.15) is 0 Å². The van der Waals surface area contributed by atoms with E-state index >= 15 is 0 Å². The van der Waals surface area contributed by atoms with Crippen molar-refractivity contribution in [1.82, 2.24) is 4.90 Å². The largest absolute Gasteiger partial charge is 0.326 e. The van der Waals surface area contributed by atoms with Crippen LogP contribution in [-0.2, 0) is 13.1 Å². The molecule has 0 aromatic heterocycles. The summed E-state index contributed by atoms with van der Waals surface area (Å²) in [6, 6.07) is 5.70. The second-order valence-electron chi connectivity index (χ2n) is 4.29. The van der Waals surface area contributed by atoms with Crippen molar-refractivity contribution in [2.75, 3.05) is 6.54 Å². The Hall–Kier alpha value is -0.930. The SMILES string of the molecule is CCN(Cc1ccc(F)c(CN)c1)C(C)C. The molecule has 0 saturated heterocycles. The number of hydrogen-bond acceptors (Lipinski definition) is 2. The molecule has 3 heteroatoms. The van der Waals surface area contributed by atoms with Crippen molar-refractivity contribution in [2.45, 2.75) is 39.9 Å². The van der Waals surface area contributed by atoms with E-state index in [4.69, 9.17) is 5.73 Å². The summed E-state index contributed by atoms with van der Waals surface area (Å²) in [5, 5.41) is 0. The van der Waals surface area contributed by atoms with Crippen LogP contribution in [-0.4, -0.2) is 17.5 Å². The lowest BCUT2D eigenvalue weighted by molar-refractivity contribution is 0.225. The molecule has 0 radical (unpaired) electrons. The fraction of sp³-hybridized carbons (Fsp3) is 0.538. The van der Waals surface area contributed by atoms with Crippen molar-refractivity contribution < 1.29 is 4.39 Å². The maximum atomic E-state index is 13.3.